The zero-order valence-electron chi connectivity index (χ0n) is 8.32. The molecule has 0 radical (unpaired) electrons. The van der Waals surface area contributed by atoms with E-state index in [0.717, 1.165) is 11.1 Å². The molecule has 0 aromatic heterocycles. The molecule has 0 aliphatic heterocycles. The minimum atomic E-state index is -0.215. The van der Waals surface area contributed by atoms with Crippen LogP contribution in [-0.4, -0.2) is 13.1 Å². The average molecular weight is 190 g/mol. The minimum Gasteiger partial charge on any atom is -0.465 e. The molecule has 0 heterocycles. The smallest absolute Gasteiger partial charge is 0.338 e. The van der Waals surface area contributed by atoms with Gasteiger partial charge in [-0.25, -0.2) is 4.79 Å². The normalized spacial score (nSPS) is 16.1. The summed E-state index contributed by atoms with van der Waals surface area (Å²) < 4.78 is 4.76. The number of carbonyl (C=O) groups is 1. The lowest BCUT2D eigenvalue weighted by Crippen LogP contribution is -2.14. The van der Waals surface area contributed by atoms with Crippen LogP contribution < -0.4 is 0 Å². The van der Waals surface area contributed by atoms with E-state index in [-0.39, 0.29) is 5.97 Å². The van der Waals surface area contributed by atoms with E-state index >= 15 is 0 Å². The third-order valence-corrected chi connectivity index (χ3v) is 2.91. The molecule has 2 heteroatoms. The second-order valence-corrected chi connectivity index (χ2v) is 3.71. The highest BCUT2D eigenvalue weighted by molar-refractivity contribution is 5.91. The molecule has 1 fully saturated rings. The molecule has 74 valence electrons. The molecular weight excluding hydrogens is 176 g/mol. The van der Waals surface area contributed by atoms with Crippen LogP contribution in [0.2, 0.25) is 0 Å². The fraction of sp³-hybridized carbons (Fsp3) is 0.417. The van der Waals surface area contributed by atoms with Gasteiger partial charge in [0.05, 0.1) is 12.7 Å². The van der Waals surface area contributed by atoms with Crippen LogP contribution in [0.3, 0.4) is 0 Å². The van der Waals surface area contributed by atoms with E-state index in [1.54, 1.807) is 0 Å². The monoisotopic (exact) mass is 190 g/mol. The second kappa shape index (κ2) is 3.82. The molecule has 0 bridgehead atoms. The number of benzene rings is 1. The highest BCUT2D eigenvalue weighted by Crippen LogP contribution is 2.37. The molecule has 1 aromatic carbocycles. The molecule has 1 aliphatic rings. The Morgan fingerprint density at radius 3 is 2.64 bits per heavy atom. The molecule has 2 nitrogen and oxygen atoms in total. The van der Waals surface area contributed by atoms with Crippen molar-refractivity contribution in [1.82, 2.24) is 0 Å². The van der Waals surface area contributed by atoms with Gasteiger partial charge in [0, 0.05) is 0 Å². The van der Waals surface area contributed by atoms with E-state index in [9.17, 15) is 4.79 Å². The summed E-state index contributed by atoms with van der Waals surface area (Å²) in [5, 5.41) is 0. The van der Waals surface area contributed by atoms with E-state index in [1.165, 1.54) is 26.4 Å². The van der Waals surface area contributed by atoms with Crippen molar-refractivity contribution in [2.75, 3.05) is 7.11 Å². The molecule has 0 unspecified atom stereocenters. The molecule has 2 rings (SSSR count). The fourth-order valence-electron chi connectivity index (χ4n) is 1.87. The first-order chi connectivity index (χ1) is 6.83. The van der Waals surface area contributed by atoms with Crippen molar-refractivity contribution >= 4 is 5.97 Å². The topological polar surface area (TPSA) is 26.3 Å². The van der Waals surface area contributed by atoms with Crippen LogP contribution in [-0.2, 0) is 4.74 Å². The third-order valence-electron chi connectivity index (χ3n) is 2.91. The van der Waals surface area contributed by atoms with Crippen LogP contribution in [0, 0.1) is 0 Å². The Kier molecular flexibility index (Phi) is 2.53. The van der Waals surface area contributed by atoms with Crippen molar-refractivity contribution in [2.45, 2.75) is 25.2 Å². The lowest BCUT2D eigenvalue weighted by molar-refractivity contribution is 0.0598. The molecule has 0 spiro atoms. The van der Waals surface area contributed by atoms with Gasteiger partial charge in [-0.15, -0.1) is 0 Å². The van der Waals surface area contributed by atoms with E-state index in [4.69, 9.17) is 4.74 Å². The third kappa shape index (κ3) is 1.52. The van der Waals surface area contributed by atoms with Gasteiger partial charge in [-0.3, -0.25) is 0 Å². The van der Waals surface area contributed by atoms with Crippen molar-refractivity contribution in [2.24, 2.45) is 0 Å². The quantitative estimate of drug-likeness (QED) is 0.670. The fourth-order valence-corrected chi connectivity index (χ4v) is 1.87. The highest BCUT2D eigenvalue weighted by atomic mass is 16.5. The molecule has 1 aromatic rings. The number of hydrogen-bond acceptors (Lipinski definition) is 2. The van der Waals surface area contributed by atoms with Crippen molar-refractivity contribution < 1.29 is 9.53 Å². The Hall–Kier alpha value is -1.31. The first-order valence-electron chi connectivity index (χ1n) is 5.00. The first-order valence-corrected chi connectivity index (χ1v) is 5.00. The number of hydrogen-bond donors (Lipinski definition) is 0. The van der Waals surface area contributed by atoms with Gasteiger partial charge in [-0.2, -0.15) is 0 Å². The van der Waals surface area contributed by atoms with Crippen LogP contribution in [0.25, 0.3) is 0 Å². The van der Waals surface area contributed by atoms with Gasteiger partial charge in [0.15, 0.2) is 0 Å². The van der Waals surface area contributed by atoms with Crippen molar-refractivity contribution in [3.63, 3.8) is 0 Å². The van der Waals surface area contributed by atoms with Crippen molar-refractivity contribution in [3.8, 4) is 0 Å². The van der Waals surface area contributed by atoms with E-state index in [2.05, 4.69) is 0 Å². The standard InChI is InChI=1S/C12H14O2/c1-14-12(13)11-8-3-2-7-10(11)9-5-4-6-9/h2-3,7-9H,4-6H2,1H3. The Morgan fingerprint density at radius 1 is 1.36 bits per heavy atom. The molecule has 1 saturated carbocycles. The summed E-state index contributed by atoms with van der Waals surface area (Å²) in [5.74, 6) is 0.359. The van der Waals surface area contributed by atoms with E-state index in [1.807, 2.05) is 24.3 Å². The summed E-state index contributed by atoms with van der Waals surface area (Å²) in [4.78, 5) is 11.5. The number of methoxy groups -OCH3 is 1. The van der Waals surface area contributed by atoms with Crippen LogP contribution in [0.1, 0.15) is 41.1 Å². The molecule has 1 aliphatic carbocycles. The predicted octanol–water partition coefficient (Wildman–Crippen LogP) is 2.74. The summed E-state index contributed by atoms with van der Waals surface area (Å²) in [7, 11) is 1.43. The summed E-state index contributed by atoms with van der Waals surface area (Å²) in [6.45, 7) is 0. The molecule has 0 N–H and O–H groups in total. The van der Waals surface area contributed by atoms with Crippen molar-refractivity contribution in [1.29, 1.82) is 0 Å². The Balaban J connectivity index is 2.32. The Bertz CT molecular complexity index is 340. The van der Waals surface area contributed by atoms with Gasteiger partial charge in [0.25, 0.3) is 0 Å². The van der Waals surface area contributed by atoms with Crippen LogP contribution in [0.4, 0.5) is 0 Å². The summed E-state index contributed by atoms with van der Waals surface area (Å²) in [6, 6.07) is 7.75. The zero-order valence-corrected chi connectivity index (χ0v) is 8.32. The van der Waals surface area contributed by atoms with E-state index < -0.39 is 0 Å². The second-order valence-electron chi connectivity index (χ2n) is 3.71. The number of esters is 1. The largest absolute Gasteiger partial charge is 0.465 e. The molecular formula is C12H14O2. The van der Waals surface area contributed by atoms with Gasteiger partial charge in [0.1, 0.15) is 0 Å². The predicted molar refractivity (Wildman–Crippen MR) is 54.4 cm³/mol. The Morgan fingerprint density at radius 2 is 2.07 bits per heavy atom. The first kappa shape index (κ1) is 9.25. The van der Waals surface area contributed by atoms with Gasteiger partial charge in [-0.05, 0) is 30.4 Å². The highest BCUT2D eigenvalue weighted by Gasteiger charge is 2.24. The van der Waals surface area contributed by atoms with Gasteiger partial charge >= 0.3 is 5.97 Å². The van der Waals surface area contributed by atoms with E-state index in [0.29, 0.717) is 5.92 Å². The summed E-state index contributed by atoms with van der Waals surface area (Å²) in [6.07, 6.45) is 3.68. The Labute approximate surface area is 83.9 Å². The maximum atomic E-state index is 11.5. The lowest BCUT2D eigenvalue weighted by atomic mass is 9.78. The maximum absolute atomic E-state index is 11.5. The van der Waals surface area contributed by atoms with Crippen LogP contribution >= 0.6 is 0 Å². The molecule has 0 saturated heterocycles. The van der Waals surface area contributed by atoms with Crippen LogP contribution in [0.15, 0.2) is 24.3 Å². The van der Waals surface area contributed by atoms with Gasteiger partial charge in [0.2, 0.25) is 0 Å². The SMILES string of the molecule is COC(=O)c1ccccc1C1CCC1. The average Bonchev–Trinajstić information content (AvgIpc) is 2.15. The number of rotatable bonds is 2. The maximum Gasteiger partial charge on any atom is 0.338 e. The summed E-state index contributed by atoms with van der Waals surface area (Å²) in [5.41, 5.74) is 1.89. The molecule has 14 heavy (non-hydrogen) atoms. The molecule has 0 amide bonds. The summed E-state index contributed by atoms with van der Waals surface area (Å²) >= 11 is 0. The van der Waals surface area contributed by atoms with Gasteiger partial charge in [-0.1, -0.05) is 24.6 Å². The lowest BCUT2D eigenvalue weighted by Gasteiger charge is -2.27. The van der Waals surface area contributed by atoms with Crippen LogP contribution in [0.5, 0.6) is 0 Å². The minimum absolute atomic E-state index is 0.215. The zero-order chi connectivity index (χ0) is 9.97. The van der Waals surface area contributed by atoms with Crippen molar-refractivity contribution in [3.05, 3.63) is 35.4 Å². The number of carbonyl (C=O) groups excluding carboxylic acids is 1. The molecule has 0 atom stereocenters. The van der Waals surface area contributed by atoms with Gasteiger partial charge < -0.3 is 4.74 Å². The number of ether oxygens (including phenoxy) is 1.